The molecule has 3 heteroatoms. The first-order valence-electron chi connectivity index (χ1n) is 2.84. The van der Waals surface area contributed by atoms with Gasteiger partial charge in [-0.2, -0.15) is 0 Å². The van der Waals surface area contributed by atoms with Gasteiger partial charge < -0.3 is 0 Å². The molecule has 0 saturated carbocycles. The number of hydrogen-bond acceptors (Lipinski definition) is 1. The monoisotopic (exact) mass is 155 g/mol. The van der Waals surface area contributed by atoms with Crippen LogP contribution >= 0.6 is 11.6 Å². The zero-order chi connectivity index (χ0) is 7.40. The molecule has 0 heterocycles. The maximum atomic E-state index is 8.07. The molecule has 1 aromatic carbocycles. The molecular weight excluding hydrogens is 150 g/mol. The molecule has 0 aliphatic carbocycles. The third-order valence-electron chi connectivity index (χ3n) is 1.12. The molecule has 0 spiro atoms. The topological polar surface area (TPSA) is 31.5 Å². The van der Waals surface area contributed by atoms with E-state index >= 15 is 0 Å². The van der Waals surface area contributed by atoms with Gasteiger partial charge in [-0.05, 0) is 17.7 Å². The van der Waals surface area contributed by atoms with Gasteiger partial charge in [0.25, 0.3) is 0 Å². The van der Waals surface area contributed by atoms with Crippen molar-refractivity contribution in [1.82, 2.24) is 5.90 Å². The van der Waals surface area contributed by atoms with Gasteiger partial charge in [0.15, 0.2) is 0 Å². The standard InChI is InChI=1S/C7H6ClNO/c8-7-3-1-2-6(4-7)5-10-9/h1-4H,5H2. The van der Waals surface area contributed by atoms with Crippen LogP contribution in [0.5, 0.6) is 0 Å². The van der Waals surface area contributed by atoms with Crippen LogP contribution < -0.4 is 5.90 Å². The second-order valence-corrected chi connectivity index (χ2v) is 2.34. The summed E-state index contributed by atoms with van der Waals surface area (Å²) in [7, 11) is 0. The molecule has 0 fully saturated rings. The van der Waals surface area contributed by atoms with Crippen LogP contribution in [-0.2, 0) is 11.4 Å². The van der Waals surface area contributed by atoms with Crippen LogP contribution in [0.15, 0.2) is 24.3 Å². The molecule has 1 rings (SSSR count). The molecule has 0 bridgehead atoms. The highest BCUT2D eigenvalue weighted by Gasteiger charge is 1.91. The van der Waals surface area contributed by atoms with Crippen LogP contribution in [0.4, 0.5) is 0 Å². The quantitative estimate of drug-likeness (QED) is 0.600. The minimum absolute atomic E-state index is 0.181. The molecule has 0 amide bonds. The summed E-state index contributed by atoms with van der Waals surface area (Å²) in [5.41, 5.74) is 0.856. The van der Waals surface area contributed by atoms with Gasteiger partial charge in [0.1, 0.15) is 0 Å². The molecule has 0 atom stereocenters. The fourth-order valence-electron chi connectivity index (χ4n) is 0.701. The zero-order valence-corrected chi connectivity index (χ0v) is 6.01. The van der Waals surface area contributed by atoms with E-state index < -0.39 is 0 Å². The fraction of sp³-hybridized carbons (Fsp3) is 0.143. The van der Waals surface area contributed by atoms with Gasteiger partial charge in [0.2, 0.25) is 0 Å². The SMILES string of the molecule is [N]OCc1cccc(Cl)c1. The minimum Gasteiger partial charge on any atom is -0.259 e. The van der Waals surface area contributed by atoms with E-state index in [9.17, 15) is 0 Å². The fourth-order valence-corrected chi connectivity index (χ4v) is 0.914. The van der Waals surface area contributed by atoms with Crippen LogP contribution in [0, 0.1) is 0 Å². The molecule has 0 unspecified atom stereocenters. The van der Waals surface area contributed by atoms with Crippen molar-refractivity contribution in [2.75, 3.05) is 0 Å². The number of benzene rings is 1. The van der Waals surface area contributed by atoms with E-state index in [1.54, 1.807) is 18.2 Å². The Kier molecular flexibility index (Phi) is 2.68. The van der Waals surface area contributed by atoms with Crippen LogP contribution in [0.2, 0.25) is 5.02 Å². The summed E-state index contributed by atoms with van der Waals surface area (Å²) in [4.78, 5) is 3.92. The van der Waals surface area contributed by atoms with E-state index in [1.807, 2.05) is 6.07 Å². The first-order chi connectivity index (χ1) is 4.83. The van der Waals surface area contributed by atoms with Crippen molar-refractivity contribution in [3.8, 4) is 0 Å². The largest absolute Gasteiger partial charge is 0.259 e. The summed E-state index contributed by atoms with van der Waals surface area (Å²) >= 11 is 5.64. The van der Waals surface area contributed by atoms with Crippen molar-refractivity contribution in [2.24, 2.45) is 0 Å². The lowest BCUT2D eigenvalue weighted by Gasteiger charge is -1.95. The van der Waals surface area contributed by atoms with Crippen molar-refractivity contribution >= 4 is 11.6 Å². The van der Waals surface area contributed by atoms with Gasteiger partial charge in [-0.25, -0.2) is 0 Å². The summed E-state index contributed by atoms with van der Waals surface area (Å²) in [6.07, 6.45) is 0. The third kappa shape index (κ3) is 1.99. The summed E-state index contributed by atoms with van der Waals surface area (Å²) in [5, 5.41) is 0.648. The van der Waals surface area contributed by atoms with Gasteiger partial charge in [0, 0.05) is 10.9 Å². The van der Waals surface area contributed by atoms with Gasteiger partial charge in [0.05, 0.1) is 6.61 Å². The van der Waals surface area contributed by atoms with Gasteiger partial charge in [-0.15, -0.1) is 0 Å². The molecule has 0 aliphatic heterocycles. The summed E-state index contributed by atoms with van der Waals surface area (Å²) in [5.74, 6) is 8.07. The maximum absolute atomic E-state index is 8.07. The Hall–Kier alpha value is -0.570. The smallest absolute Gasteiger partial charge is 0.0971 e. The Morgan fingerprint density at radius 3 is 2.90 bits per heavy atom. The molecule has 0 N–H and O–H groups in total. The van der Waals surface area contributed by atoms with Crippen molar-refractivity contribution in [3.05, 3.63) is 34.9 Å². The van der Waals surface area contributed by atoms with Crippen molar-refractivity contribution in [2.45, 2.75) is 6.61 Å². The number of hydrogen-bond donors (Lipinski definition) is 0. The molecule has 2 nitrogen and oxygen atoms in total. The molecular formula is C7H6ClNO. The minimum atomic E-state index is 0.181. The van der Waals surface area contributed by atoms with E-state index in [4.69, 9.17) is 17.5 Å². The predicted octanol–water partition coefficient (Wildman–Crippen LogP) is 1.84. The number of halogens is 1. The highest BCUT2D eigenvalue weighted by molar-refractivity contribution is 6.30. The maximum Gasteiger partial charge on any atom is 0.0971 e. The summed E-state index contributed by atoms with van der Waals surface area (Å²) in [6, 6.07) is 7.12. The van der Waals surface area contributed by atoms with E-state index in [0.29, 0.717) is 5.02 Å². The van der Waals surface area contributed by atoms with Crippen LogP contribution in [-0.4, -0.2) is 0 Å². The van der Waals surface area contributed by atoms with Crippen LogP contribution in [0.3, 0.4) is 0 Å². The Labute approximate surface area is 64.5 Å². The third-order valence-corrected chi connectivity index (χ3v) is 1.36. The average molecular weight is 156 g/mol. The van der Waals surface area contributed by atoms with E-state index in [2.05, 4.69) is 4.84 Å². The lowest BCUT2D eigenvalue weighted by atomic mass is 10.2. The number of rotatable bonds is 2. The average Bonchev–Trinajstić information content (AvgIpc) is 1.88. The van der Waals surface area contributed by atoms with E-state index in [1.165, 1.54) is 0 Å². The van der Waals surface area contributed by atoms with Gasteiger partial charge in [-0.3, -0.25) is 4.84 Å². The lowest BCUT2D eigenvalue weighted by Crippen LogP contribution is -1.87. The number of nitrogens with zero attached hydrogens (tertiary/aromatic N) is 1. The second kappa shape index (κ2) is 3.56. The molecule has 0 saturated heterocycles. The predicted molar refractivity (Wildman–Crippen MR) is 38.4 cm³/mol. The molecule has 52 valence electrons. The summed E-state index contributed by atoms with van der Waals surface area (Å²) < 4.78 is 0. The van der Waals surface area contributed by atoms with Crippen LogP contribution in [0.25, 0.3) is 0 Å². The van der Waals surface area contributed by atoms with Crippen molar-refractivity contribution in [1.29, 1.82) is 0 Å². The lowest BCUT2D eigenvalue weighted by molar-refractivity contribution is 0.104. The normalized spacial score (nSPS) is 9.80. The summed E-state index contributed by atoms with van der Waals surface area (Å²) in [6.45, 7) is 0.181. The first-order valence-corrected chi connectivity index (χ1v) is 3.21. The van der Waals surface area contributed by atoms with Crippen LogP contribution in [0.1, 0.15) is 5.56 Å². The van der Waals surface area contributed by atoms with Gasteiger partial charge >= 0.3 is 0 Å². The molecule has 0 aliphatic rings. The van der Waals surface area contributed by atoms with Crippen molar-refractivity contribution in [3.63, 3.8) is 0 Å². The van der Waals surface area contributed by atoms with E-state index in [0.717, 1.165) is 5.56 Å². The Balaban J connectivity index is 2.75. The van der Waals surface area contributed by atoms with Gasteiger partial charge in [-0.1, -0.05) is 23.7 Å². The Bertz CT molecular complexity index is 215. The Morgan fingerprint density at radius 1 is 1.50 bits per heavy atom. The highest BCUT2D eigenvalue weighted by Crippen LogP contribution is 2.10. The second-order valence-electron chi connectivity index (χ2n) is 1.90. The molecule has 10 heavy (non-hydrogen) atoms. The van der Waals surface area contributed by atoms with Crippen molar-refractivity contribution < 1.29 is 4.84 Å². The molecule has 0 aromatic heterocycles. The Morgan fingerprint density at radius 2 is 2.30 bits per heavy atom. The molecule has 1 aromatic rings. The first kappa shape index (κ1) is 7.54. The van der Waals surface area contributed by atoms with E-state index in [-0.39, 0.29) is 6.61 Å². The zero-order valence-electron chi connectivity index (χ0n) is 5.25. The molecule has 2 radical (unpaired) electrons. The highest BCUT2D eigenvalue weighted by atomic mass is 35.5.